The van der Waals surface area contributed by atoms with Crippen LogP contribution < -0.4 is 0 Å². The highest BCUT2D eigenvalue weighted by molar-refractivity contribution is 7.89. The number of para-hydroxylation sites is 1. The SMILES string of the molecule is CCc1oc2ccccc2c1CN(C)C(=O)c1cccc(S(=O)(=O)N(CC)CC)c1. The molecule has 7 heteroatoms. The first kappa shape index (κ1) is 22.1. The molecule has 1 aromatic heterocycles. The fourth-order valence-electron chi connectivity index (χ4n) is 3.64. The Morgan fingerprint density at radius 1 is 1.00 bits per heavy atom. The van der Waals surface area contributed by atoms with Crippen LogP contribution in [0.2, 0.25) is 0 Å². The van der Waals surface area contributed by atoms with Crippen molar-refractivity contribution < 1.29 is 17.6 Å². The van der Waals surface area contributed by atoms with Crippen molar-refractivity contribution in [3.05, 3.63) is 65.4 Å². The predicted octanol–water partition coefficient (Wildman–Crippen LogP) is 4.30. The van der Waals surface area contributed by atoms with Gasteiger partial charge >= 0.3 is 0 Å². The van der Waals surface area contributed by atoms with E-state index in [2.05, 4.69) is 0 Å². The van der Waals surface area contributed by atoms with Crippen LogP contribution in [0.25, 0.3) is 11.0 Å². The summed E-state index contributed by atoms with van der Waals surface area (Å²) in [5, 5.41) is 0.992. The molecule has 0 spiro atoms. The first-order valence-electron chi connectivity index (χ1n) is 10.2. The predicted molar refractivity (Wildman–Crippen MR) is 118 cm³/mol. The van der Waals surface area contributed by atoms with Crippen LogP contribution in [0, 0.1) is 0 Å². The van der Waals surface area contributed by atoms with Gasteiger partial charge in [0, 0.05) is 49.6 Å². The number of sulfonamides is 1. The van der Waals surface area contributed by atoms with E-state index in [1.165, 1.54) is 16.4 Å². The van der Waals surface area contributed by atoms with E-state index in [1.807, 2.05) is 31.2 Å². The fraction of sp³-hybridized carbons (Fsp3) is 0.348. The van der Waals surface area contributed by atoms with Crippen molar-refractivity contribution in [2.45, 2.75) is 38.6 Å². The van der Waals surface area contributed by atoms with Crippen LogP contribution in [0.1, 0.15) is 42.5 Å². The molecule has 1 amide bonds. The third-order valence-electron chi connectivity index (χ3n) is 5.27. The fourth-order valence-corrected chi connectivity index (χ4v) is 5.14. The van der Waals surface area contributed by atoms with E-state index < -0.39 is 10.0 Å². The molecule has 0 radical (unpaired) electrons. The molecule has 2 aromatic carbocycles. The summed E-state index contributed by atoms with van der Waals surface area (Å²) in [4.78, 5) is 14.8. The van der Waals surface area contributed by atoms with Gasteiger partial charge in [0.1, 0.15) is 11.3 Å². The zero-order valence-electron chi connectivity index (χ0n) is 17.9. The highest BCUT2D eigenvalue weighted by atomic mass is 32.2. The average molecular weight is 429 g/mol. The zero-order valence-corrected chi connectivity index (χ0v) is 18.7. The quantitative estimate of drug-likeness (QED) is 0.536. The Balaban J connectivity index is 1.89. The maximum absolute atomic E-state index is 13.1. The van der Waals surface area contributed by atoms with Gasteiger partial charge in [-0.15, -0.1) is 0 Å². The van der Waals surface area contributed by atoms with E-state index >= 15 is 0 Å². The Morgan fingerprint density at radius 3 is 2.37 bits per heavy atom. The minimum Gasteiger partial charge on any atom is -0.461 e. The number of hydrogen-bond acceptors (Lipinski definition) is 4. The summed E-state index contributed by atoms with van der Waals surface area (Å²) in [7, 11) is -1.91. The van der Waals surface area contributed by atoms with Gasteiger partial charge in [-0.2, -0.15) is 4.31 Å². The zero-order chi connectivity index (χ0) is 21.9. The van der Waals surface area contributed by atoms with Gasteiger partial charge < -0.3 is 9.32 Å². The summed E-state index contributed by atoms with van der Waals surface area (Å²) in [6.45, 7) is 6.75. The van der Waals surface area contributed by atoms with Gasteiger partial charge in [0.2, 0.25) is 10.0 Å². The second-order valence-corrected chi connectivity index (χ2v) is 9.07. The monoisotopic (exact) mass is 428 g/mol. The normalized spacial score (nSPS) is 11.9. The van der Waals surface area contributed by atoms with Crippen LogP contribution in [0.5, 0.6) is 0 Å². The number of carbonyl (C=O) groups excluding carboxylic acids is 1. The molecule has 1 heterocycles. The number of aryl methyl sites for hydroxylation is 1. The number of fused-ring (bicyclic) bond motifs is 1. The summed E-state index contributed by atoms with van der Waals surface area (Å²) in [6.07, 6.45) is 0.726. The lowest BCUT2D eigenvalue weighted by Crippen LogP contribution is -2.31. The van der Waals surface area contributed by atoms with Gasteiger partial charge in [0.25, 0.3) is 5.91 Å². The second kappa shape index (κ2) is 9.02. The van der Waals surface area contributed by atoms with Gasteiger partial charge in [-0.05, 0) is 24.3 Å². The van der Waals surface area contributed by atoms with E-state index in [4.69, 9.17) is 4.42 Å². The molecule has 0 atom stereocenters. The van der Waals surface area contributed by atoms with Gasteiger partial charge in [-0.25, -0.2) is 8.42 Å². The number of benzene rings is 2. The number of nitrogens with zero attached hydrogens (tertiary/aromatic N) is 2. The van der Waals surface area contributed by atoms with Gasteiger partial charge in [0.15, 0.2) is 0 Å². The van der Waals surface area contributed by atoms with Crippen molar-refractivity contribution in [1.29, 1.82) is 0 Å². The topological polar surface area (TPSA) is 70.8 Å². The smallest absolute Gasteiger partial charge is 0.253 e. The maximum Gasteiger partial charge on any atom is 0.253 e. The molecule has 160 valence electrons. The molecule has 0 N–H and O–H groups in total. The van der Waals surface area contributed by atoms with Crippen LogP contribution in [-0.2, 0) is 23.0 Å². The largest absolute Gasteiger partial charge is 0.461 e. The van der Waals surface area contributed by atoms with E-state index in [0.29, 0.717) is 25.2 Å². The third-order valence-corrected chi connectivity index (χ3v) is 7.32. The molecular weight excluding hydrogens is 400 g/mol. The molecule has 0 aliphatic carbocycles. The highest BCUT2D eigenvalue weighted by Crippen LogP contribution is 2.28. The van der Waals surface area contributed by atoms with Crippen molar-refractivity contribution in [3.8, 4) is 0 Å². The van der Waals surface area contributed by atoms with Crippen LogP contribution in [0.3, 0.4) is 0 Å². The van der Waals surface area contributed by atoms with Crippen molar-refractivity contribution in [1.82, 2.24) is 9.21 Å². The number of rotatable bonds is 8. The molecule has 3 rings (SSSR count). The van der Waals surface area contributed by atoms with Crippen LogP contribution >= 0.6 is 0 Å². The van der Waals surface area contributed by atoms with E-state index in [9.17, 15) is 13.2 Å². The first-order valence-corrected chi connectivity index (χ1v) is 11.6. The lowest BCUT2D eigenvalue weighted by Gasteiger charge is -2.20. The minimum atomic E-state index is -3.62. The maximum atomic E-state index is 13.1. The molecular formula is C23H28N2O4S. The van der Waals surface area contributed by atoms with Crippen molar-refractivity contribution in [2.24, 2.45) is 0 Å². The Kier molecular flexibility index (Phi) is 6.63. The second-order valence-electron chi connectivity index (χ2n) is 7.13. The molecule has 0 aliphatic rings. The number of amides is 1. The van der Waals surface area contributed by atoms with Crippen molar-refractivity contribution >= 4 is 26.9 Å². The summed E-state index contributed by atoms with van der Waals surface area (Å²) < 4.78 is 32.9. The minimum absolute atomic E-state index is 0.133. The van der Waals surface area contributed by atoms with E-state index in [-0.39, 0.29) is 10.8 Å². The van der Waals surface area contributed by atoms with Gasteiger partial charge in [-0.1, -0.05) is 45.0 Å². The third kappa shape index (κ3) is 4.13. The summed E-state index contributed by atoms with van der Waals surface area (Å²) >= 11 is 0. The lowest BCUT2D eigenvalue weighted by atomic mass is 10.1. The molecule has 0 saturated heterocycles. The standard InChI is InChI=1S/C23H28N2O4S/c1-5-21-20(19-13-8-9-14-22(19)29-21)16-24(4)23(26)17-11-10-12-18(15-17)30(27,28)25(6-2)7-3/h8-15H,5-7,16H2,1-4H3. The van der Waals surface area contributed by atoms with Crippen LogP contribution in [-0.4, -0.2) is 43.7 Å². The molecule has 0 fully saturated rings. The Hall–Kier alpha value is -2.64. The number of hydrogen-bond donors (Lipinski definition) is 0. The molecule has 0 aliphatic heterocycles. The summed E-state index contributed by atoms with van der Waals surface area (Å²) in [5.74, 6) is 0.618. The molecule has 6 nitrogen and oxygen atoms in total. The Bertz CT molecular complexity index is 1150. The van der Waals surface area contributed by atoms with Gasteiger partial charge in [0.05, 0.1) is 4.90 Å². The van der Waals surface area contributed by atoms with Crippen LogP contribution in [0.15, 0.2) is 57.8 Å². The Morgan fingerprint density at radius 2 is 1.70 bits per heavy atom. The van der Waals surface area contributed by atoms with E-state index in [0.717, 1.165) is 28.7 Å². The molecule has 0 saturated carbocycles. The number of carbonyl (C=O) groups is 1. The lowest BCUT2D eigenvalue weighted by molar-refractivity contribution is 0.0785. The number of furan rings is 1. The molecule has 30 heavy (non-hydrogen) atoms. The van der Waals surface area contributed by atoms with E-state index in [1.54, 1.807) is 37.9 Å². The highest BCUT2D eigenvalue weighted by Gasteiger charge is 2.24. The molecule has 3 aromatic rings. The van der Waals surface area contributed by atoms with Crippen molar-refractivity contribution in [2.75, 3.05) is 20.1 Å². The van der Waals surface area contributed by atoms with Crippen molar-refractivity contribution in [3.63, 3.8) is 0 Å². The average Bonchev–Trinajstić information content (AvgIpc) is 3.11. The molecule has 0 bridgehead atoms. The summed E-state index contributed by atoms with van der Waals surface area (Å²) in [6, 6.07) is 14.0. The first-order chi connectivity index (χ1) is 14.3. The van der Waals surface area contributed by atoms with Gasteiger partial charge in [-0.3, -0.25) is 4.79 Å². The summed E-state index contributed by atoms with van der Waals surface area (Å²) in [5.41, 5.74) is 2.13. The van der Waals surface area contributed by atoms with Crippen LogP contribution in [0.4, 0.5) is 0 Å². The Labute approximate surface area is 178 Å². The molecule has 0 unspecified atom stereocenters.